The van der Waals surface area contributed by atoms with Gasteiger partial charge in [0, 0.05) is 6.42 Å². The third-order valence-corrected chi connectivity index (χ3v) is 3.39. The fraction of sp³-hybridized carbons (Fsp3) is 0.462. The van der Waals surface area contributed by atoms with Crippen molar-refractivity contribution in [3.8, 4) is 0 Å². The van der Waals surface area contributed by atoms with Gasteiger partial charge in [-0.05, 0) is 25.0 Å². The van der Waals surface area contributed by atoms with Gasteiger partial charge in [-0.25, -0.2) is 0 Å². The van der Waals surface area contributed by atoms with Gasteiger partial charge in [0.2, 0.25) is 5.91 Å². The maximum atomic E-state index is 11.9. The van der Waals surface area contributed by atoms with E-state index < -0.39 is 10.4 Å². The van der Waals surface area contributed by atoms with E-state index in [0.717, 1.165) is 11.1 Å². The molecule has 0 bridgehead atoms. The summed E-state index contributed by atoms with van der Waals surface area (Å²) in [5.41, 5.74) is 2.13. The molecule has 0 heterocycles. The first kappa shape index (κ1) is 12.6. The van der Waals surface area contributed by atoms with Crippen LogP contribution in [0.1, 0.15) is 31.0 Å². The fourth-order valence-corrected chi connectivity index (χ4v) is 2.18. The zero-order chi connectivity index (χ0) is 12.6. The summed E-state index contributed by atoms with van der Waals surface area (Å²) in [6.45, 7) is 3.57. The minimum Gasteiger partial charge on any atom is -0.390 e. The van der Waals surface area contributed by atoms with Crippen molar-refractivity contribution in [1.82, 2.24) is 5.32 Å². The molecule has 2 atom stereocenters. The monoisotopic (exact) mass is 297 g/mol. The first-order valence-corrected chi connectivity index (χ1v) is 6.44. The first-order valence-electron chi connectivity index (χ1n) is 5.65. The Hall–Kier alpha value is -0.870. The highest BCUT2D eigenvalue weighted by molar-refractivity contribution is 9.10. The number of carbonyl (C=O) groups excluding carboxylic acids is 1. The van der Waals surface area contributed by atoms with E-state index in [1.807, 2.05) is 24.3 Å². The highest BCUT2D eigenvalue weighted by Gasteiger charge is 2.34. The Morgan fingerprint density at radius 3 is 2.76 bits per heavy atom. The maximum Gasteiger partial charge on any atom is 0.236 e. The van der Waals surface area contributed by atoms with Crippen molar-refractivity contribution in [3.63, 3.8) is 0 Å². The average Bonchev–Trinajstić information content (AvgIpc) is 2.54. The molecular weight excluding hydrogens is 282 g/mol. The van der Waals surface area contributed by atoms with Crippen LogP contribution in [-0.4, -0.2) is 21.4 Å². The van der Waals surface area contributed by atoms with Crippen LogP contribution in [0.15, 0.2) is 24.3 Å². The molecule has 0 saturated carbocycles. The molecule has 1 amide bonds. The van der Waals surface area contributed by atoms with Crippen molar-refractivity contribution in [2.24, 2.45) is 0 Å². The topological polar surface area (TPSA) is 49.3 Å². The van der Waals surface area contributed by atoms with Gasteiger partial charge in [-0.3, -0.25) is 4.79 Å². The molecule has 0 spiro atoms. The van der Waals surface area contributed by atoms with Gasteiger partial charge in [0.05, 0.1) is 16.5 Å². The lowest BCUT2D eigenvalue weighted by atomic mass is 10.1. The number of carbonyl (C=O) groups is 1. The van der Waals surface area contributed by atoms with Gasteiger partial charge in [-0.15, -0.1) is 0 Å². The molecule has 1 aromatic rings. The van der Waals surface area contributed by atoms with Crippen LogP contribution in [0.25, 0.3) is 0 Å². The Balaban J connectivity index is 2.20. The van der Waals surface area contributed by atoms with Gasteiger partial charge in [0.1, 0.15) is 0 Å². The number of amides is 1. The summed E-state index contributed by atoms with van der Waals surface area (Å²) in [4.78, 5) is 11.9. The van der Waals surface area contributed by atoms with Crippen LogP contribution in [0.5, 0.6) is 0 Å². The Bertz CT molecular complexity index is 439. The van der Waals surface area contributed by atoms with E-state index >= 15 is 0 Å². The number of benzene rings is 1. The third kappa shape index (κ3) is 2.53. The van der Waals surface area contributed by atoms with Gasteiger partial charge in [0.25, 0.3) is 0 Å². The summed E-state index contributed by atoms with van der Waals surface area (Å²) in [7, 11) is 0. The van der Waals surface area contributed by atoms with Crippen LogP contribution in [0.2, 0.25) is 0 Å². The number of fused-ring (bicyclic) bond motifs is 1. The molecule has 0 aromatic heterocycles. The second kappa shape index (κ2) is 4.42. The molecule has 0 saturated heterocycles. The van der Waals surface area contributed by atoms with Crippen LogP contribution < -0.4 is 5.32 Å². The first-order chi connectivity index (χ1) is 7.89. The minimum absolute atomic E-state index is 0.113. The highest BCUT2D eigenvalue weighted by atomic mass is 79.9. The van der Waals surface area contributed by atoms with E-state index in [9.17, 15) is 9.90 Å². The molecule has 0 unspecified atom stereocenters. The van der Waals surface area contributed by atoms with Gasteiger partial charge in [-0.1, -0.05) is 40.2 Å². The summed E-state index contributed by atoms with van der Waals surface area (Å²) in [6, 6.07) is 7.52. The third-order valence-electron chi connectivity index (χ3n) is 3.03. The molecule has 1 aromatic carbocycles. The number of hydrogen-bond acceptors (Lipinski definition) is 2. The number of halogens is 1. The molecule has 3 nitrogen and oxygen atoms in total. The molecule has 92 valence electrons. The number of rotatable bonds is 2. The summed E-state index contributed by atoms with van der Waals surface area (Å²) in [5, 5.41) is 12.9. The van der Waals surface area contributed by atoms with Gasteiger partial charge in [-0.2, -0.15) is 0 Å². The van der Waals surface area contributed by atoms with Gasteiger partial charge in [0.15, 0.2) is 0 Å². The molecule has 17 heavy (non-hydrogen) atoms. The van der Waals surface area contributed by atoms with Crippen molar-refractivity contribution >= 4 is 21.8 Å². The van der Waals surface area contributed by atoms with E-state index in [4.69, 9.17) is 0 Å². The lowest BCUT2D eigenvalue weighted by molar-refractivity contribution is -0.124. The molecule has 0 radical (unpaired) electrons. The molecule has 0 fully saturated rings. The van der Waals surface area contributed by atoms with Gasteiger partial charge < -0.3 is 10.4 Å². The summed E-state index contributed by atoms with van der Waals surface area (Å²) in [5.74, 6) is -0.113. The zero-order valence-corrected chi connectivity index (χ0v) is 11.5. The Morgan fingerprint density at radius 1 is 1.47 bits per heavy atom. The molecule has 0 aliphatic heterocycles. The standard InChI is InChI=1S/C13H16BrNO2/c1-13(2,14)12(17)15-11-9-6-4-3-5-8(9)7-10(11)16/h3-6,10-11,16H,7H2,1-2H3,(H,15,17)/t10-,11+/m0/s1. The van der Waals surface area contributed by atoms with E-state index in [2.05, 4.69) is 21.2 Å². The number of aliphatic hydroxyl groups excluding tert-OH is 1. The average molecular weight is 298 g/mol. The van der Waals surface area contributed by atoms with Crippen molar-refractivity contribution < 1.29 is 9.90 Å². The van der Waals surface area contributed by atoms with Crippen molar-refractivity contribution in [2.45, 2.75) is 36.7 Å². The molecular formula is C13H16BrNO2. The largest absolute Gasteiger partial charge is 0.390 e. The van der Waals surface area contributed by atoms with E-state index in [0.29, 0.717) is 6.42 Å². The van der Waals surface area contributed by atoms with Gasteiger partial charge >= 0.3 is 0 Å². The smallest absolute Gasteiger partial charge is 0.236 e. The summed E-state index contributed by atoms with van der Waals surface area (Å²) in [6.07, 6.45) is 0.0651. The lowest BCUT2D eigenvalue weighted by Gasteiger charge is -2.23. The number of alkyl halides is 1. The van der Waals surface area contributed by atoms with Crippen LogP contribution >= 0.6 is 15.9 Å². The molecule has 1 aliphatic rings. The second-order valence-corrected chi connectivity index (χ2v) is 6.88. The predicted molar refractivity (Wildman–Crippen MR) is 70.0 cm³/mol. The number of hydrogen-bond donors (Lipinski definition) is 2. The fourth-order valence-electron chi connectivity index (χ4n) is 2.06. The van der Waals surface area contributed by atoms with Crippen molar-refractivity contribution in [1.29, 1.82) is 0 Å². The van der Waals surface area contributed by atoms with Crippen LogP contribution in [0.3, 0.4) is 0 Å². The molecule has 1 aliphatic carbocycles. The summed E-state index contributed by atoms with van der Waals surface area (Å²) < 4.78 is -0.621. The van der Waals surface area contributed by atoms with Crippen LogP contribution in [-0.2, 0) is 11.2 Å². The number of nitrogens with one attached hydrogen (secondary N) is 1. The molecule has 2 N–H and O–H groups in total. The van der Waals surface area contributed by atoms with Crippen LogP contribution in [0, 0.1) is 0 Å². The quantitative estimate of drug-likeness (QED) is 0.820. The van der Waals surface area contributed by atoms with Crippen LogP contribution in [0.4, 0.5) is 0 Å². The molecule has 4 heteroatoms. The molecule has 2 rings (SSSR count). The maximum absolute atomic E-state index is 11.9. The number of aliphatic hydroxyl groups is 1. The van der Waals surface area contributed by atoms with E-state index in [1.54, 1.807) is 13.8 Å². The second-order valence-electron chi connectivity index (χ2n) is 4.89. The Labute approximate surface area is 109 Å². The van der Waals surface area contributed by atoms with E-state index in [-0.39, 0.29) is 11.9 Å². The van der Waals surface area contributed by atoms with Crippen molar-refractivity contribution in [3.05, 3.63) is 35.4 Å². The van der Waals surface area contributed by atoms with Crippen molar-refractivity contribution in [2.75, 3.05) is 0 Å². The predicted octanol–water partition coefficient (Wildman–Crippen LogP) is 1.93. The minimum atomic E-state index is -0.621. The Kier molecular flexibility index (Phi) is 3.27. The normalized spacial score (nSPS) is 23.3. The summed E-state index contributed by atoms with van der Waals surface area (Å²) >= 11 is 3.32. The zero-order valence-electron chi connectivity index (χ0n) is 9.90. The van der Waals surface area contributed by atoms with E-state index in [1.165, 1.54) is 0 Å². The lowest BCUT2D eigenvalue weighted by Crippen LogP contribution is -2.42. The highest BCUT2D eigenvalue weighted by Crippen LogP contribution is 2.32. The SMILES string of the molecule is CC(C)(Br)C(=O)N[C@@H]1c2ccccc2C[C@@H]1O. The Morgan fingerprint density at radius 2 is 2.12 bits per heavy atom.